The summed E-state index contributed by atoms with van der Waals surface area (Å²) in [5.74, 6) is 0.697. The zero-order valence-electron chi connectivity index (χ0n) is 16.9. The zero-order valence-corrected chi connectivity index (χ0v) is 19.3. The van der Waals surface area contributed by atoms with Crippen molar-refractivity contribution in [1.82, 2.24) is 29.6 Å². The predicted octanol–water partition coefficient (Wildman–Crippen LogP) is 3.69. The van der Waals surface area contributed by atoms with E-state index in [2.05, 4.69) is 35.9 Å². The van der Waals surface area contributed by atoms with Crippen LogP contribution in [0.3, 0.4) is 0 Å². The minimum absolute atomic E-state index is 0.0113. The summed E-state index contributed by atoms with van der Waals surface area (Å²) in [4.78, 5) is 32.1. The number of nitrogens with zero attached hydrogens (tertiary/aromatic N) is 7. The third kappa shape index (κ3) is 3.81. The molecule has 0 N–H and O–H groups in total. The molecule has 1 fully saturated rings. The summed E-state index contributed by atoms with van der Waals surface area (Å²) >= 11 is 4.98. The van der Waals surface area contributed by atoms with E-state index in [0.717, 1.165) is 26.1 Å². The van der Waals surface area contributed by atoms with E-state index in [1.165, 1.54) is 0 Å². The molecule has 0 saturated carbocycles. The minimum Gasteiger partial charge on any atom is -0.337 e. The van der Waals surface area contributed by atoms with E-state index in [1.807, 2.05) is 40.1 Å². The lowest BCUT2D eigenvalue weighted by Crippen LogP contribution is -2.49. The Hall–Kier alpha value is -2.85. The number of thiophene rings is 1. The largest absolute Gasteiger partial charge is 0.337 e. The number of carbonyl (C=O) groups is 1. The average Bonchev–Trinajstić information content (AvgIpc) is 3.48. The second kappa shape index (κ2) is 8.35. The number of fused-ring (bicyclic) bond motifs is 1. The van der Waals surface area contributed by atoms with Gasteiger partial charge in [0.2, 0.25) is 5.95 Å². The van der Waals surface area contributed by atoms with Crippen LogP contribution < -0.4 is 4.90 Å². The Labute approximate surface area is 191 Å². The SMILES string of the molecule is CCn1ncc2c(C(=O)N3CCN(c4ncc(Br)cn4)CC3)cc(-c3cccs3)nc21. The maximum absolute atomic E-state index is 13.5. The van der Waals surface area contributed by atoms with Gasteiger partial charge in [-0.2, -0.15) is 5.10 Å². The smallest absolute Gasteiger partial charge is 0.254 e. The number of carbonyl (C=O) groups excluding carboxylic acids is 1. The van der Waals surface area contributed by atoms with Crippen molar-refractivity contribution in [3.05, 3.63) is 52.2 Å². The molecule has 5 heterocycles. The summed E-state index contributed by atoms with van der Waals surface area (Å²) in [5.41, 5.74) is 2.21. The van der Waals surface area contributed by atoms with Gasteiger partial charge >= 0.3 is 0 Å². The van der Waals surface area contributed by atoms with Gasteiger partial charge in [-0.3, -0.25) is 4.79 Å². The highest BCUT2D eigenvalue weighted by Gasteiger charge is 2.26. The van der Waals surface area contributed by atoms with Crippen LogP contribution in [0, 0.1) is 0 Å². The van der Waals surface area contributed by atoms with Gasteiger partial charge in [0, 0.05) is 45.1 Å². The van der Waals surface area contributed by atoms with Gasteiger partial charge in [0.1, 0.15) is 0 Å². The molecule has 8 nitrogen and oxygen atoms in total. The van der Waals surface area contributed by atoms with E-state index in [1.54, 1.807) is 29.9 Å². The van der Waals surface area contributed by atoms with Gasteiger partial charge in [-0.15, -0.1) is 11.3 Å². The molecule has 0 unspecified atom stereocenters. The van der Waals surface area contributed by atoms with E-state index in [9.17, 15) is 4.79 Å². The van der Waals surface area contributed by atoms with Crippen molar-refractivity contribution < 1.29 is 4.79 Å². The van der Waals surface area contributed by atoms with Gasteiger partial charge in [-0.25, -0.2) is 19.6 Å². The van der Waals surface area contributed by atoms with Crippen molar-refractivity contribution in [3.63, 3.8) is 0 Å². The van der Waals surface area contributed by atoms with Crippen LogP contribution in [-0.4, -0.2) is 61.7 Å². The highest BCUT2D eigenvalue weighted by molar-refractivity contribution is 9.10. The lowest BCUT2D eigenvalue weighted by molar-refractivity contribution is 0.0748. The maximum atomic E-state index is 13.5. The number of piperazine rings is 1. The normalized spacial score (nSPS) is 14.4. The Balaban J connectivity index is 1.43. The molecule has 0 radical (unpaired) electrons. The van der Waals surface area contributed by atoms with E-state index >= 15 is 0 Å². The average molecular weight is 498 g/mol. The molecule has 31 heavy (non-hydrogen) atoms. The predicted molar refractivity (Wildman–Crippen MR) is 124 cm³/mol. The van der Waals surface area contributed by atoms with E-state index < -0.39 is 0 Å². The van der Waals surface area contributed by atoms with Gasteiger partial charge in [0.15, 0.2) is 5.65 Å². The van der Waals surface area contributed by atoms with E-state index in [4.69, 9.17) is 4.98 Å². The van der Waals surface area contributed by atoms with Crippen molar-refractivity contribution >= 4 is 50.2 Å². The lowest BCUT2D eigenvalue weighted by atomic mass is 10.1. The van der Waals surface area contributed by atoms with Gasteiger partial charge in [-0.05, 0) is 40.4 Å². The molecule has 0 bridgehead atoms. The third-order valence-corrected chi connectivity index (χ3v) is 6.67. The number of pyridine rings is 1. The first-order chi connectivity index (χ1) is 15.1. The molecule has 1 aliphatic heterocycles. The molecule has 1 aliphatic rings. The van der Waals surface area contributed by atoms with Crippen LogP contribution in [0.15, 0.2) is 46.6 Å². The highest BCUT2D eigenvalue weighted by atomic mass is 79.9. The number of anilines is 1. The molecule has 4 aromatic rings. The van der Waals surface area contributed by atoms with Gasteiger partial charge in [0.25, 0.3) is 5.91 Å². The van der Waals surface area contributed by atoms with Crippen molar-refractivity contribution in [2.24, 2.45) is 0 Å². The molecule has 0 atom stereocenters. The van der Waals surface area contributed by atoms with Crippen LogP contribution in [0.4, 0.5) is 5.95 Å². The fourth-order valence-corrected chi connectivity index (χ4v) is 4.65. The van der Waals surface area contributed by atoms with E-state index in [-0.39, 0.29) is 5.91 Å². The van der Waals surface area contributed by atoms with Crippen molar-refractivity contribution in [2.75, 3.05) is 31.1 Å². The highest BCUT2D eigenvalue weighted by Crippen LogP contribution is 2.29. The molecule has 158 valence electrons. The summed E-state index contributed by atoms with van der Waals surface area (Å²) in [7, 11) is 0. The Bertz CT molecular complexity index is 1210. The molecular weight excluding hydrogens is 478 g/mol. The number of halogens is 1. The quantitative estimate of drug-likeness (QED) is 0.427. The van der Waals surface area contributed by atoms with Crippen LogP contribution in [0.1, 0.15) is 17.3 Å². The monoisotopic (exact) mass is 497 g/mol. The van der Waals surface area contributed by atoms with Crippen molar-refractivity contribution in [3.8, 4) is 10.6 Å². The lowest BCUT2D eigenvalue weighted by Gasteiger charge is -2.34. The van der Waals surface area contributed by atoms with Gasteiger partial charge in [-0.1, -0.05) is 6.07 Å². The Morgan fingerprint density at radius 3 is 2.61 bits per heavy atom. The topological polar surface area (TPSA) is 80.0 Å². The molecule has 4 aromatic heterocycles. The molecule has 0 aromatic carbocycles. The summed E-state index contributed by atoms with van der Waals surface area (Å²) in [6.45, 7) is 5.32. The van der Waals surface area contributed by atoms with Crippen LogP contribution in [0.25, 0.3) is 21.6 Å². The van der Waals surface area contributed by atoms with Crippen LogP contribution in [-0.2, 0) is 6.54 Å². The molecular formula is C21H20BrN7OS. The number of aryl methyl sites for hydroxylation is 1. The number of hydrogen-bond acceptors (Lipinski definition) is 7. The van der Waals surface area contributed by atoms with E-state index in [0.29, 0.717) is 44.2 Å². The van der Waals surface area contributed by atoms with Crippen LogP contribution in [0.5, 0.6) is 0 Å². The number of aromatic nitrogens is 5. The fourth-order valence-electron chi connectivity index (χ4n) is 3.76. The molecule has 1 saturated heterocycles. The minimum atomic E-state index is 0.0113. The first-order valence-corrected chi connectivity index (χ1v) is 11.7. The molecule has 0 spiro atoms. The number of amides is 1. The Morgan fingerprint density at radius 2 is 1.94 bits per heavy atom. The standard InChI is InChI=1S/C21H20BrN7OS/c1-2-29-19-16(13-25-29)15(10-17(26-19)18-4-3-9-31-18)20(30)27-5-7-28(8-6-27)21-23-11-14(22)12-24-21/h3-4,9-13H,2,5-8H2,1H3. The number of hydrogen-bond donors (Lipinski definition) is 0. The summed E-state index contributed by atoms with van der Waals surface area (Å²) < 4.78 is 2.69. The molecule has 0 aliphatic carbocycles. The zero-order chi connectivity index (χ0) is 21.4. The maximum Gasteiger partial charge on any atom is 0.254 e. The first kappa shape index (κ1) is 20.1. The third-order valence-electron chi connectivity index (χ3n) is 5.37. The van der Waals surface area contributed by atoms with Crippen molar-refractivity contribution in [1.29, 1.82) is 0 Å². The molecule has 1 amide bonds. The van der Waals surface area contributed by atoms with Crippen molar-refractivity contribution in [2.45, 2.75) is 13.5 Å². The second-order valence-electron chi connectivity index (χ2n) is 7.21. The Morgan fingerprint density at radius 1 is 1.16 bits per heavy atom. The summed E-state index contributed by atoms with van der Waals surface area (Å²) in [6.07, 6.45) is 5.24. The summed E-state index contributed by atoms with van der Waals surface area (Å²) in [6, 6.07) is 5.92. The molecule has 5 rings (SSSR count). The summed E-state index contributed by atoms with van der Waals surface area (Å²) in [5, 5.41) is 7.26. The van der Waals surface area contributed by atoms with Crippen LogP contribution in [0.2, 0.25) is 0 Å². The first-order valence-electron chi connectivity index (χ1n) is 10.1. The number of rotatable bonds is 4. The molecule has 10 heteroatoms. The van der Waals surface area contributed by atoms with Gasteiger partial charge in [0.05, 0.1) is 32.2 Å². The van der Waals surface area contributed by atoms with Crippen LogP contribution >= 0.6 is 27.3 Å². The fraction of sp³-hybridized carbons (Fsp3) is 0.286. The Kier molecular flexibility index (Phi) is 5.41. The second-order valence-corrected chi connectivity index (χ2v) is 9.07. The van der Waals surface area contributed by atoms with Gasteiger partial charge < -0.3 is 9.80 Å².